The van der Waals surface area contributed by atoms with Gasteiger partial charge < -0.3 is 0 Å². The Bertz CT molecular complexity index is 249. The molecule has 0 saturated carbocycles. The summed E-state index contributed by atoms with van der Waals surface area (Å²) in [5.74, 6) is 1.60. The van der Waals surface area contributed by atoms with Crippen molar-refractivity contribution in [3.05, 3.63) is 0 Å². The van der Waals surface area contributed by atoms with E-state index in [-0.39, 0.29) is 0 Å². The number of unbranched alkanes of at least 4 members (excludes halogenated alkanes) is 5. The Morgan fingerprint density at radius 1 is 0.727 bits per heavy atom. The van der Waals surface area contributed by atoms with Gasteiger partial charge in [-0.25, -0.2) is 0 Å². The summed E-state index contributed by atoms with van der Waals surface area (Å²) in [4.78, 5) is 0. The van der Waals surface area contributed by atoms with Gasteiger partial charge in [-0.3, -0.25) is 5.01 Å². The lowest BCUT2D eigenvalue weighted by Crippen LogP contribution is -2.21. The third-order valence-corrected chi connectivity index (χ3v) is 3.93. The summed E-state index contributed by atoms with van der Waals surface area (Å²) in [7, 11) is 0. The quantitative estimate of drug-likeness (QED) is 0.193. The molecule has 0 amide bonds. The zero-order chi connectivity index (χ0) is 16.6. The molecule has 132 valence electrons. The van der Waals surface area contributed by atoms with Crippen LogP contribution in [-0.2, 0) is 0 Å². The monoisotopic (exact) mass is 311 g/mol. The number of hydrogen-bond donors (Lipinski definition) is 0. The number of rotatable bonds is 15. The molecule has 3 nitrogen and oxygen atoms in total. The molecule has 3 heteroatoms. The lowest BCUT2D eigenvalue weighted by molar-refractivity contribution is 0.243. The smallest absolute Gasteiger partial charge is 0.0617 e. The molecule has 0 bridgehead atoms. The molecule has 0 unspecified atom stereocenters. The molecule has 0 radical (unpaired) electrons. The lowest BCUT2D eigenvalue weighted by atomic mass is 10.0. The molecular weight excluding hydrogens is 270 g/mol. The standard InChI is InChI=1S/C19H41N3/c1-6-15-20-21-22(17-14-19(4)5)16-12-10-8-7-9-11-13-18(2)3/h18-19H,6-17H2,1-5H3. The maximum atomic E-state index is 4.41. The van der Waals surface area contributed by atoms with E-state index in [1.807, 2.05) is 0 Å². The minimum atomic E-state index is 0.741. The summed E-state index contributed by atoms with van der Waals surface area (Å²) in [6, 6.07) is 0. The Morgan fingerprint density at radius 3 is 1.91 bits per heavy atom. The van der Waals surface area contributed by atoms with Crippen molar-refractivity contribution in [2.24, 2.45) is 22.2 Å². The van der Waals surface area contributed by atoms with Crippen LogP contribution in [0.25, 0.3) is 0 Å². The van der Waals surface area contributed by atoms with Gasteiger partial charge in [-0.2, -0.15) is 5.11 Å². The Morgan fingerprint density at radius 2 is 1.32 bits per heavy atom. The average Bonchev–Trinajstić information content (AvgIpc) is 2.46. The van der Waals surface area contributed by atoms with Gasteiger partial charge in [-0.05, 0) is 31.1 Å². The van der Waals surface area contributed by atoms with E-state index >= 15 is 0 Å². The number of nitrogens with zero attached hydrogens (tertiary/aromatic N) is 3. The SMILES string of the molecule is CCCN=NN(CCCCCCCCC(C)C)CCC(C)C. The molecule has 0 fully saturated rings. The van der Waals surface area contributed by atoms with E-state index in [0.717, 1.165) is 37.9 Å². The fourth-order valence-electron chi connectivity index (χ4n) is 2.40. The molecule has 0 aliphatic carbocycles. The topological polar surface area (TPSA) is 28.0 Å². The molecule has 0 aliphatic heterocycles. The van der Waals surface area contributed by atoms with Crippen molar-refractivity contribution in [1.29, 1.82) is 0 Å². The van der Waals surface area contributed by atoms with Crippen molar-refractivity contribution in [3.8, 4) is 0 Å². The molecule has 0 N–H and O–H groups in total. The summed E-state index contributed by atoms with van der Waals surface area (Å²) < 4.78 is 0. The van der Waals surface area contributed by atoms with Gasteiger partial charge in [0.2, 0.25) is 0 Å². The lowest BCUT2D eigenvalue weighted by Gasteiger charge is -2.18. The van der Waals surface area contributed by atoms with Crippen LogP contribution in [0.1, 0.15) is 92.4 Å². The summed E-state index contributed by atoms with van der Waals surface area (Å²) in [5.41, 5.74) is 0. The Kier molecular flexibility index (Phi) is 14.9. The molecule has 0 aromatic rings. The first kappa shape index (κ1) is 21.4. The second-order valence-electron chi connectivity index (χ2n) is 7.39. The molecular formula is C19H41N3. The Hall–Kier alpha value is -0.600. The second kappa shape index (κ2) is 15.3. The van der Waals surface area contributed by atoms with Gasteiger partial charge >= 0.3 is 0 Å². The summed E-state index contributed by atoms with van der Waals surface area (Å²) in [5, 5.41) is 10.9. The third-order valence-electron chi connectivity index (χ3n) is 3.93. The minimum absolute atomic E-state index is 0.741. The van der Waals surface area contributed by atoms with Crippen LogP contribution in [-0.4, -0.2) is 24.6 Å². The zero-order valence-electron chi connectivity index (χ0n) is 16.0. The highest BCUT2D eigenvalue weighted by Crippen LogP contribution is 2.12. The van der Waals surface area contributed by atoms with Gasteiger partial charge in [-0.1, -0.05) is 78.4 Å². The fourth-order valence-corrected chi connectivity index (χ4v) is 2.40. The van der Waals surface area contributed by atoms with E-state index in [2.05, 4.69) is 50.0 Å². The zero-order valence-corrected chi connectivity index (χ0v) is 16.0. The van der Waals surface area contributed by atoms with Crippen LogP contribution < -0.4 is 0 Å². The molecule has 0 rings (SSSR count). The van der Waals surface area contributed by atoms with Crippen LogP contribution in [0.3, 0.4) is 0 Å². The molecule has 0 spiro atoms. The van der Waals surface area contributed by atoms with Crippen LogP contribution in [0.5, 0.6) is 0 Å². The molecule has 0 aromatic heterocycles. The Balaban J connectivity index is 3.69. The first-order valence-corrected chi connectivity index (χ1v) is 9.68. The van der Waals surface area contributed by atoms with E-state index in [4.69, 9.17) is 0 Å². The average molecular weight is 312 g/mol. The van der Waals surface area contributed by atoms with Crippen molar-refractivity contribution in [3.63, 3.8) is 0 Å². The largest absolute Gasteiger partial charge is 0.279 e. The molecule has 22 heavy (non-hydrogen) atoms. The number of hydrogen-bond acceptors (Lipinski definition) is 2. The Labute approximate surface area is 139 Å². The van der Waals surface area contributed by atoms with E-state index in [9.17, 15) is 0 Å². The van der Waals surface area contributed by atoms with Crippen molar-refractivity contribution < 1.29 is 0 Å². The molecule has 0 aliphatic rings. The van der Waals surface area contributed by atoms with E-state index in [0.29, 0.717) is 0 Å². The van der Waals surface area contributed by atoms with Crippen molar-refractivity contribution in [2.75, 3.05) is 19.6 Å². The van der Waals surface area contributed by atoms with Crippen LogP contribution in [0.15, 0.2) is 10.3 Å². The summed E-state index contributed by atoms with van der Waals surface area (Å²) in [6.07, 6.45) is 11.9. The normalized spacial score (nSPS) is 12.0. The van der Waals surface area contributed by atoms with E-state index in [1.165, 1.54) is 51.4 Å². The first-order valence-electron chi connectivity index (χ1n) is 9.68. The highest BCUT2D eigenvalue weighted by atomic mass is 15.5. The van der Waals surface area contributed by atoms with Gasteiger partial charge in [0.05, 0.1) is 6.54 Å². The van der Waals surface area contributed by atoms with Crippen LogP contribution >= 0.6 is 0 Å². The van der Waals surface area contributed by atoms with E-state index in [1.54, 1.807) is 0 Å². The van der Waals surface area contributed by atoms with Gasteiger partial charge in [-0.15, -0.1) is 0 Å². The highest BCUT2D eigenvalue weighted by Gasteiger charge is 2.03. The second-order valence-corrected chi connectivity index (χ2v) is 7.39. The maximum Gasteiger partial charge on any atom is 0.0617 e. The third kappa shape index (κ3) is 15.8. The maximum absolute atomic E-state index is 4.41. The van der Waals surface area contributed by atoms with Gasteiger partial charge in [0, 0.05) is 13.1 Å². The van der Waals surface area contributed by atoms with Gasteiger partial charge in [0.15, 0.2) is 0 Å². The predicted octanol–water partition coefficient (Wildman–Crippen LogP) is 6.50. The molecule has 0 aromatic carbocycles. The summed E-state index contributed by atoms with van der Waals surface area (Å²) in [6.45, 7) is 14.3. The van der Waals surface area contributed by atoms with Crippen molar-refractivity contribution in [2.45, 2.75) is 92.4 Å². The van der Waals surface area contributed by atoms with Gasteiger partial charge in [0.1, 0.15) is 0 Å². The predicted molar refractivity (Wildman–Crippen MR) is 98.2 cm³/mol. The van der Waals surface area contributed by atoms with E-state index < -0.39 is 0 Å². The molecule has 0 heterocycles. The molecule has 0 atom stereocenters. The van der Waals surface area contributed by atoms with Crippen LogP contribution in [0.2, 0.25) is 0 Å². The van der Waals surface area contributed by atoms with Crippen molar-refractivity contribution in [1.82, 2.24) is 5.01 Å². The van der Waals surface area contributed by atoms with Crippen LogP contribution in [0.4, 0.5) is 0 Å². The minimum Gasteiger partial charge on any atom is -0.279 e. The van der Waals surface area contributed by atoms with Gasteiger partial charge in [0.25, 0.3) is 0 Å². The van der Waals surface area contributed by atoms with Crippen molar-refractivity contribution >= 4 is 0 Å². The summed E-state index contributed by atoms with van der Waals surface area (Å²) >= 11 is 0. The van der Waals surface area contributed by atoms with Crippen LogP contribution in [0, 0.1) is 11.8 Å². The first-order chi connectivity index (χ1) is 10.6. The molecule has 0 saturated heterocycles. The fraction of sp³-hybridized carbons (Fsp3) is 1.00. The highest BCUT2D eigenvalue weighted by molar-refractivity contribution is 4.56.